The van der Waals surface area contributed by atoms with Gasteiger partial charge in [0.25, 0.3) is 12.9 Å². The molecule has 1 atom stereocenters. The molecule has 0 N–H and O–H groups in total. The summed E-state index contributed by atoms with van der Waals surface area (Å²) in [6, 6.07) is 20.8. The summed E-state index contributed by atoms with van der Waals surface area (Å²) < 4.78 is 54.7. The minimum atomic E-state index is -3.03. The van der Waals surface area contributed by atoms with Crippen molar-refractivity contribution < 1.29 is 22.3 Å². The Balaban J connectivity index is 1.69. The Kier molecular flexibility index (Phi) is 8.38. The van der Waals surface area contributed by atoms with Gasteiger partial charge in [0.2, 0.25) is 0 Å². The summed E-state index contributed by atoms with van der Waals surface area (Å²) in [5, 5.41) is 11.5. The lowest BCUT2D eigenvalue weighted by atomic mass is 9.85. The van der Waals surface area contributed by atoms with Crippen LogP contribution < -0.4 is 9.63 Å². The maximum Gasteiger partial charge on any atom is 0.264 e. The van der Waals surface area contributed by atoms with E-state index in [9.17, 15) is 22.8 Å². The zero-order valence-corrected chi connectivity index (χ0v) is 20.3. The molecule has 0 aliphatic heterocycles. The first-order valence-electron chi connectivity index (χ1n) is 12.0. The maximum absolute atomic E-state index is 13.7. The van der Waals surface area contributed by atoms with Crippen molar-refractivity contribution >= 4 is 5.82 Å². The Morgan fingerprint density at radius 3 is 2.08 bits per heavy atom. The molecular weight excluding hydrogens is 482 g/mol. The van der Waals surface area contributed by atoms with Gasteiger partial charge in [-0.15, -0.1) is 0 Å². The average Bonchev–Trinajstić information content (AvgIpc) is 2.91. The number of rotatable bonds is 10. The Labute approximate surface area is 213 Å². The Hall–Kier alpha value is -3.94. The van der Waals surface area contributed by atoms with Crippen LogP contribution in [0.2, 0.25) is 0 Å². The second-order valence-electron chi connectivity index (χ2n) is 8.76. The molecule has 0 fully saturated rings. The minimum Gasteiger partial charge on any atom is -0.619 e. The molecule has 1 unspecified atom stereocenters. The molecule has 37 heavy (non-hydrogen) atoms. The first-order valence-corrected chi connectivity index (χ1v) is 12.0. The van der Waals surface area contributed by atoms with Crippen molar-refractivity contribution in [3.8, 4) is 0 Å². The molecule has 192 valence electrons. The van der Waals surface area contributed by atoms with Crippen LogP contribution in [0.3, 0.4) is 0 Å². The number of benzene rings is 2. The summed E-state index contributed by atoms with van der Waals surface area (Å²) in [5.74, 6) is 0.333. The van der Waals surface area contributed by atoms with Gasteiger partial charge in [0.1, 0.15) is 5.82 Å². The molecule has 0 spiro atoms. The fourth-order valence-corrected chi connectivity index (χ4v) is 4.39. The molecule has 2 aromatic carbocycles. The molecule has 0 aliphatic carbocycles. The number of nitrogens with zero attached hydrogens (tertiary/aromatic N) is 3. The number of pyridine rings is 2. The molecule has 0 bridgehead atoms. The van der Waals surface area contributed by atoms with Crippen molar-refractivity contribution in [2.45, 2.75) is 38.7 Å². The highest BCUT2D eigenvalue weighted by atomic mass is 19.3. The molecule has 2 heterocycles. The molecule has 0 aliphatic rings. The van der Waals surface area contributed by atoms with E-state index in [-0.39, 0.29) is 0 Å². The van der Waals surface area contributed by atoms with E-state index in [1.54, 1.807) is 18.3 Å². The first-order chi connectivity index (χ1) is 17.9. The highest BCUT2D eigenvalue weighted by Gasteiger charge is 2.24. The Morgan fingerprint density at radius 1 is 0.811 bits per heavy atom. The fourth-order valence-electron chi connectivity index (χ4n) is 4.39. The van der Waals surface area contributed by atoms with E-state index in [2.05, 4.69) is 9.88 Å². The van der Waals surface area contributed by atoms with Crippen LogP contribution in [-0.4, -0.2) is 11.5 Å². The molecule has 0 saturated carbocycles. The van der Waals surface area contributed by atoms with Crippen LogP contribution in [0.25, 0.3) is 0 Å². The quantitative estimate of drug-likeness (QED) is 0.131. The normalized spacial score (nSPS) is 12.2. The van der Waals surface area contributed by atoms with Gasteiger partial charge in [-0.1, -0.05) is 48.5 Å². The fraction of sp³-hybridized carbons (Fsp3) is 0.241. The van der Waals surface area contributed by atoms with Crippen molar-refractivity contribution in [1.82, 2.24) is 4.98 Å². The molecule has 0 saturated heterocycles. The third kappa shape index (κ3) is 6.44. The monoisotopic (exact) mass is 509 g/mol. The van der Waals surface area contributed by atoms with Crippen LogP contribution in [0.1, 0.15) is 59.1 Å². The van der Waals surface area contributed by atoms with Crippen LogP contribution in [-0.2, 0) is 13.0 Å². The van der Waals surface area contributed by atoms with Crippen molar-refractivity contribution in [2.24, 2.45) is 0 Å². The van der Waals surface area contributed by atoms with Crippen LogP contribution >= 0.6 is 0 Å². The summed E-state index contributed by atoms with van der Waals surface area (Å²) in [5.41, 5.74) is 1.83. The molecule has 2 aromatic heterocycles. The van der Waals surface area contributed by atoms with E-state index in [0.29, 0.717) is 23.3 Å². The molecule has 4 aromatic rings. The maximum atomic E-state index is 13.7. The summed E-state index contributed by atoms with van der Waals surface area (Å²) in [7, 11) is 0. The first kappa shape index (κ1) is 26.1. The molecule has 0 radical (unpaired) electrons. The van der Waals surface area contributed by atoms with Crippen LogP contribution in [0.15, 0.2) is 91.4 Å². The lowest BCUT2D eigenvalue weighted by Crippen LogP contribution is -2.24. The SMILES string of the molecule is CCN(Cc1ccccc1)c1ccc(C(Cc2cc[n+]([O-])cc2)c2ccc(C(F)F)c(C(F)F)c2)cn1. The number of halogens is 4. The average molecular weight is 510 g/mol. The second kappa shape index (κ2) is 11.9. The number of anilines is 1. The van der Waals surface area contributed by atoms with Crippen LogP contribution in [0.4, 0.5) is 23.4 Å². The van der Waals surface area contributed by atoms with E-state index < -0.39 is 29.9 Å². The highest BCUT2D eigenvalue weighted by Crippen LogP contribution is 2.36. The van der Waals surface area contributed by atoms with Gasteiger partial charge in [-0.25, -0.2) is 22.5 Å². The predicted octanol–water partition coefficient (Wildman–Crippen LogP) is 6.99. The summed E-state index contributed by atoms with van der Waals surface area (Å²) in [6.45, 7) is 3.45. The summed E-state index contributed by atoms with van der Waals surface area (Å²) in [6.07, 6.45) is -1.23. The largest absolute Gasteiger partial charge is 0.619 e. The van der Waals surface area contributed by atoms with Gasteiger partial charge >= 0.3 is 0 Å². The van der Waals surface area contributed by atoms with Gasteiger partial charge in [-0.2, -0.15) is 4.73 Å². The lowest BCUT2D eigenvalue weighted by Gasteiger charge is -2.24. The topological polar surface area (TPSA) is 43.1 Å². The summed E-state index contributed by atoms with van der Waals surface area (Å²) in [4.78, 5) is 6.77. The zero-order chi connectivity index (χ0) is 26.4. The van der Waals surface area contributed by atoms with Crippen molar-refractivity contribution in [3.63, 3.8) is 0 Å². The van der Waals surface area contributed by atoms with E-state index >= 15 is 0 Å². The molecule has 0 amide bonds. The van der Waals surface area contributed by atoms with Crippen LogP contribution in [0, 0.1) is 5.21 Å². The zero-order valence-electron chi connectivity index (χ0n) is 20.3. The second-order valence-corrected chi connectivity index (χ2v) is 8.76. The predicted molar refractivity (Wildman–Crippen MR) is 135 cm³/mol. The van der Waals surface area contributed by atoms with Crippen molar-refractivity contribution in [3.05, 3.63) is 130 Å². The van der Waals surface area contributed by atoms with Gasteiger partial charge in [-0.3, -0.25) is 0 Å². The number of hydrogen-bond acceptors (Lipinski definition) is 3. The van der Waals surface area contributed by atoms with Gasteiger partial charge in [-0.05, 0) is 47.7 Å². The minimum absolute atomic E-state index is 0.375. The van der Waals surface area contributed by atoms with E-state index in [1.807, 2.05) is 49.4 Å². The van der Waals surface area contributed by atoms with Gasteiger partial charge in [0, 0.05) is 48.5 Å². The number of aromatic nitrogens is 2. The number of alkyl halides is 4. The molecule has 4 nitrogen and oxygen atoms in total. The highest BCUT2D eigenvalue weighted by molar-refractivity contribution is 5.45. The smallest absolute Gasteiger partial charge is 0.264 e. The van der Waals surface area contributed by atoms with Crippen LogP contribution in [0.5, 0.6) is 0 Å². The van der Waals surface area contributed by atoms with Crippen molar-refractivity contribution in [2.75, 3.05) is 11.4 Å². The molecule has 8 heteroatoms. The standard InChI is InChI=1S/C29H27F4N3O/c1-2-35(19-21-6-4-3-5-7-21)27-11-9-23(18-34-27)25(16-20-12-14-36(37)15-13-20)22-8-10-24(28(30)31)26(17-22)29(32)33/h3-15,17-18,25,28-29H,2,16,19H2,1H3. The molecule has 4 rings (SSSR count). The number of hydrogen-bond donors (Lipinski definition) is 0. The van der Waals surface area contributed by atoms with E-state index in [0.717, 1.165) is 41.2 Å². The third-order valence-corrected chi connectivity index (χ3v) is 6.39. The third-order valence-electron chi connectivity index (χ3n) is 6.39. The Bertz CT molecular complexity index is 1280. The summed E-state index contributed by atoms with van der Waals surface area (Å²) >= 11 is 0. The Morgan fingerprint density at radius 2 is 1.49 bits per heavy atom. The van der Waals surface area contributed by atoms with Crippen molar-refractivity contribution in [1.29, 1.82) is 0 Å². The van der Waals surface area contributed by atoms with Gasteiger partial charge in [0.05, 0.1) is 0 Å². The lowest BCUT2D eigenvalue weighted by molar-refractivity contribution is -0.605. The van der Waals surface area contributed by atoms with E-state index in [4.69, 9.17) is 0 Å². The van der Waals surface area contributed by atoms with E-state index in [1.165, 1.54) is 18.5 Å². The molecular formula is C29H27F4N3O. The van der Waals surface area contributed by atoms with Gasteiger partial charge < -0.3 is 10.1 Å². The van der Waals surface area contributed by atoms with Gasteiger partial charge in [0.15, 0.2) is 12.4 Å².